The summed E-state index contributed by atoms with van der Waals surface area (Å²) in [5.41, 5.74) is 9.56. The monoisotopic (exact) mass is 430 g/mol. The number of nitrogen functional groups attached to an aromatic ring is 1. The highest BCUT2D eigenvalue weighted by molar-refractivity contribution is 5.98. The lowest BCUT2D eigenvalue weighted by Crippen LogP contribution is -2.14. The smallest absolute Gasteiger partial charge is 0.342 e. The van der Waals surface area contributed by atoms with Gasteiger partial charge in [-0.3, -0.25) is 0 Å². The number of carbonyl (C=O) groups excluding carboxylic acids is 1. The summed E-state index contributed by atoms with van der Waals surface area (Å²) in [4.78, 5) is 17.4. The summed E-state index contributed by atoms with van der Waals surface area (Å²) in [6.45, 7) is 3.72. The van der Waals surface area contributed by atoms with Crippen LogP contribution in [0.2, 0.25) is 0 Å². The van der Waals surface area contributed by atoms with Crippen molar-refractivity contribution in [1.29, 1.82) is 0 Å². The van der Waals surface area contributed by atoms with Gasteiger partial charge in [0.2, 0.25) is 0 Å². The molecule has 9 heteroatoms. The van der Waals surface area contributed by atoms with Crippen LogP contribution in [0.3, 0.4) is 0 Å². The Morgan fingerprint density at radius 1 is 1.09 bits per heavy atom. The molecule has 0 radical (unpaired) electrons. The largest absolute Gasteiger partial charge is 0.497 e. The maximum Gasteiger partial charge on any atom is 0.342 e. The summed E-state index contributed by atoms with van der Waals surface area (Å²) in [6, 6.07) is 16.5. The van der Waals surface area contributed by atoms with Gasteiger partial charge in [0.1, 0.15) is 11.3 Å². The lowest BCUT2D eigenvalue weighted by molar-refractivity contribution is 0.0525. The van der Waals surface area contributed by atoms with Crippen molar-refractivity contribution in [2.75, 3.05) is 19.5 Å². The van der Waals surface area contributed by atoms with Crippen molar-refractivity contribution in [3.05, 3.63) is 65.9 Å². The van der Waals surface area contributed by atoms with Crippen LogP contribution in [0.25, 0.3) is 16.9 Å². The molecule has 9 nitrogen and oxygen atoms in total. The van der Waals surface area contributed by atoms with Gasteiger partial charge in [-0.05, 0) is 50.2 Å². The van der Waals surface area contributed by atoms with Crippen LogP contribution in [0.4, 0.5) is 17.2 Å². The van der Waals surface area contributed by atoms with Gasteiger partial charge in [0.05, 0.1) is 30.8 Å². The van der Waals surface area contributed by atoms with Gasteiger partial charge >= 0.3 is 5.97 Å². The summed E-state index contributed by atoms with van der Waals surface area (Å²) in [5, 5.41) is 13.0. The summed E-state index contributed by atoms with van der Waals surface area (Å²) >= 11 is 0. The predicted molar refractivity (Wildman–Crippen MR) is 121 cm³/mol. The van der Waals surface area contributed by atoms with Gasteiger partial charge in [0.25, 0.3) is 0 Å². The minimum absolute atomic E-state index is 0.146. The maximum atomic E-state index is 12.8. The molecule has 2 aromatic carbocycles. The van der Waals surface area contributed by atoms with E-state index in [4.69, 9.17) is 15.2 Å². The topological polar surface area (TPSA) is 116 Å². The first-order valence-corrected chi connectivity index (χ1v) is 10.0. The Morgan fingerprint density at radius 2 is 1.81 bits per heavy atom. The highest BCUT2D eigenvalue weighted by Crippen LogP contribution is 2.35. The number of aryl methyl sites for hydroxylation is 1. The summed E-state index contributed by atoms with van der Waals surface area (Å²) in [6.07, 6.45) is 0. The number of azo groups is 1. The number of esters is 1. The second kappa shape index (κ2) is 8.84. The summed E-state index contributed by atoms with van der Waals surface area (Å²) < 4.78 is 12.1. The van der Waals surface area contributed by atoms with Gasteiger partial charge in [-0.25, -0.2) is 14.3 Å². The van der Waals surface area contributed by atoms with Crippen LogP contribution < -0.4 is 10.5 Å². The number of anilines is 1. The fourth-order valence-corrected chi connectivity index (χ4v) is 3.33. The molecule has 0 aliphatic carbocycles. The van der Waals surface area contributed by atoms with Crippen LogP contribution in [-0.4, -0.2) is 34.3 Å². The number of hydrogen-bond donors (Lipinski definition) is 1. The molecule has 0 bridgehead atoms. The first-order chi connectivity index (χ1) is 15.5. The molecule has 0 unspecified atom stereocenters. The molecule has 2 N–H and O–H groups in total. The van der Waals surface area contributed by atoms with Crippen LogP contribution in [0.15, 0.2) is 64.8 Å². The van der Waals surface area contributed by atoms with E-state index in [9.17, 15) is 4.79 Å². The predicted octanol–water partition coefficient (Wildman–Crippen LogP) is 4.89. The minimum Gasteiger partial charge on any atom is -0.497 e. The van der Waals surface area contributed by atoms with Gasteiger partial charge in [-0.15, -0.1) is 10.2 Å². The fraction of sp³-hybridized carbons (Fsp3) is 0.174. The highest BCUT2D eigenvalue weighted by Gasteiger charge is 2.25. The standard InChI is InChI=1S/C23H22N6O3/c1-4-32-23(30)18-14(2)25-22-19(27-26-16-8-6-5-7-9-16)21(24)28-29(22)20(18)15-10-12-17(31-3)13-11-15/h5-13H,4H2,1-3H3,(H2,24,28). The second-order valence-corrected chi connectivity index (χ2v) is 6.87. The first kappa shape index (κ1) is 21.0. The van der Waals surface area contributed by atoms with E-state index >= 15 is 0 Å². The van der Waals surface area contributed by atoms with Gasteiger partial charge < -0.3 is 15.2 Å². The van der Waals surface area contributed by atoms with Gasteiger partial charge in [0, 0.05) is 5.56 Å². The van der Waals surface area contributed by atoms with E-state index in [1.807, 2.05) is 42.5 Å². The van der Waals surface area contributed by atoms with Crippen LogP contribution in [-0.2, 0) is 4.74 Å². The third kappa shape index (κ3) is 3.87. The van der Waals surface area contributed by atoms with Crippen molar-refractivity contribution < 1.29 is 14.3 Å². The molecular weight excluding hydrogens is 408 g/mol. The zero-order valence-corrected chi connectivity index (χ0v) is 17.9. The number of nitrogens with zero attached hydrogens (tertiary/aromatic N) is 5. The Labute approximate surface area is 184 Å². The number of carbonyl (C=O) groups is 1. The molecule has 0 spiro atoms. The number of ether oxygens (including phenoxy) is 2. The average Bonchev–Trinajstić information content (AvgIpc) is 3.12. The summed E-state index contributed by atoms with van der Waals surface area (Å²) in [7, 11) is 1.59. The lowest BCUT2D eigenvalue weighted by atomic mass is 10.0. The molecule has 2 heterocycles. The van der Waals surface area contributed by atoms with E-state index in [1.54, 1.807) is 33.1 Å². The zero-order chi connectivity index (χ0) is 22.7. The van der Waals surface area contributed by atoms with E-state index in [0.29, 0.717) is 39.7 Å². The molecule has 0 saturated carbocycles. The van der Waals surface area contributed by atoms with Crippen molar-refractivity contribution >= 4 is 28.8 Å². The Balaban J connectivity index is 1.96. The van der Waals surface area contributed by atoms with Crippen LogP contribution in [0.1, 0.15) is 23.0 Å². The van der Waals surface area contributed by atoms with Crippen molar-refractivity contribution in [3.8, 4) is 17.0 Å². The molecule has 4 rings (SSSR count). The second-order valence-electron chi connectivity index (χ2n) is 6.87. The molecule has 162 valence electrons. The van der Waals surface area contributed by atoms with Crippen molar-refractivity contribution in [2.45, 2.75) is 13.8 Å². The van der Waals surface area contributed by atoms with Gasteiger partial charge in [-0.1, -0.05) is 18.2 Å². The molecule has 0 aliphatic rings. The zero-order valence-electron chi connectivity index (χ0n) is 17.9. The van der Waals surface area contributed by atoms with E-state index in [1.165, 1.54) is 4.52 Å². The molecule has 0 fully saturated rings. The maximum absolute atomic E-state index is 12.8. The van der Waals surface area contributed by atoms with E-state index < -0.39 is 5.97 Å². The van der Waals surface area contributed by atoms with E-state index in [0.717, 1.165) is 5.56 Å². The Kier molecular flexibility index (Phi) is 5.80. The van der Waals surface area contributed by atoms with E-state index in [-0.39, 0.29) is 12.4 Å². The number of hydrogen-bond acceptors (Lipinski definition) is 8. The molecule has 0 atom stereocenters. The highest BCUT2D eigenvalue weighted by atomic mass is 16.5. The Hall–Kier alpha value is -4.27. The normalized spacial score (nSPS) is 11.2. The van der Waals surface area contributed by atoms with Crippen molar-refractivity contribution in [3.63, 3.8) is 0 Å². The number of fused-ring (bicyclic) bond motifs is 1. The fourth-order valence-electron chi connectivity index (χ4n) is 3.33. The van der Waals surface area contributed by atoms with Crippen molar-refractivity contribution in [1.82, 2.24) is 14.6 Å². The number of benzene rings is 2. The lowest BCUT2D eigenvalue weighted by Gasteiger charge is -2.13. The van der Waals surface area contributed by atoms with Crippen LogP contribution in [0, 0.1) is 6.92 Å². The molecule has 0 aliphatic heterocycles. The summed E-state index contributed by atoms with van der Waals surface area (Å²) in [5.74, 6) is 0.338. The molecule has 32 heavy (non-hydrogen) atoms. The molecule has 4 aromatic rings. The molecule has 2 aromatic heterocycles. The minimum atomic E-state index is -0.494. The van der Waals surface area contributed by atoms with Crippen LogP contribution >= 0.6 is 0 Å². The number of aromatic nitrogens is 3. The number of methoxy groups -OCH3 is 1. The Bertz CT molecular complexity index is 1300. The SMILES string of the molecule is CCOC(=O)c1c(C)nc2c(N=Nc3ccccc3)c(N)nn2c1-c1ccc(OC)cc1. The first-order valence-electron chi connectivity index (χ1n) is 10.0. The quantitative estimate of drug-likeness (QED) is 0.344. The third-order valence-electron chi connectivity index (χ3n) is 4.81. The van der Waals surface area contributed by atoms with E-state index in [2.05, 4.69) is 20.3 Å². The van der Waals surface area contributed by atoms with Gasteiger partial charge in [-0.2, -0.15) is 5.11 Å². The molecule has 0 saturated heterocycles. The average molecular weight is 430 g/mol. The molecule has 0 amide bonds. The third-order valence-corrected chi connectivity index (χ3v) is 4.81. The number of nitrogens with two attached hydrogens (primary N) is 1. The van der Waals surface area contributed by atoms with Crippen LogP contribution in [0.5, 0.6) is 5.75 Å². The van der Waals surface area contributed by atoms with Crippen molar-refractivity contribution in [2.24, 2.45) is 10.2 Å². The molecular formula is C23H22N6O3. The number of rotatable bonds is 6. The van der Waals surface area contributed by atoms with Gasteiger partial charge in [0.15, 0.2) is 17.2 Å². The Morgan fingerprint density at radius 3 is 2.47 bits per heavy atom.